The lowest BCUT2D eigenvalue weighted by Crippen LogP contribution is -2.24. The Morgan fingerprint density at radius 2 is 1.71 bits per heavy atom. The van der Waals surface area contributed by atoms with Crippen LogP contribution in [0.4, 0.5) is 10.1 Å². The van der Waals surface area contributed by atoms with Crippen molar-refractivity contribution in [2.24, 2.45) is 0 Å². The van der Waals surface area contributed by atoms with Crippen molar-refractivity contribution in [3.05, 3.63) is 99.1 Å². The van der Waals surface area contributed by atoms with Gasteiger partial charge in [0.2, 0.25) is 11.3 Å². The minimum absolute atomic E-state index is 0.150. The molecule has 0 saturated heterocycles. The highest BCUT2D eigenvalue weighted by Crippen LogP contribution is 2.32. The van der Waals surface area contributed by atoms with Crippen molar-refractivity contribution in [2.45, 2.75) is 6.54 Å². The fourth-order valence-electron chi connectivity index (χ4n) is 3.90. The molecule has 1 aliphatic rings. The molecule has 3 aromatic carbocycles. The molecule has 1 aliphatic heterocycles. The van der Waals surface area contributed by atoms with Gasteiger partial charge in [0.25, 0.3) is 0 Å². The van der Waals surface area contributed by atoms with Crippen molar-refractivity contribution >= 4 is 39.9 Å². The number of fused-ring (bicyclic) bond motifs is 2. The van der Waals surface area contributed by atoms with E-state index in [1.807, 2.05) is 0 Å². The van der Waals surface area contributed by atoms with Crippen LogP contribution in [0.25, 0.3) is 10.9 Å². The molecule has 2 heterocycles. The molecule has 35 heavy (non-hydrogen) atoms. The van der Waals surface area contributed by atoms with E-state index < -0.39 is 17.0 Å². The van der Waals surface area contributed by atoms with Gasteiger partial charge in [0.1, 0.15) is 25.6 Å². The Balaban J connectivity index is 1.49. The molecule has 0 aliphatic carbocycles. The molecular formula is C26H18ClFN2O5. The minimum atomic E-state index is -0.585. The number of aromatic nitrogens is 1. The Morgan fingerprint density at radius 3 is 2.49 bits per heavy atom. The molecular weight excluding hydrogens is 475 g/mol. The number of anilines is 1. The summed E-state index contributed by atoms with van der Waals surface area (Å²) in [5.41, 5.74) is 0.415. The lowest BCUT2D eigenvalue weighted by atomic mass is 10.0. The van der Waals surface area contributed by atoms with Crippen molar-refractivity contribution in [2.75, 3.05) is 18.5 Å². The Labute approximate surface area is 203 Å². The Hall–Kier alpha value is -4.17. The Morgan fingerprint density at radius 1 is 0.971 bits per heavy atom. The number of benzene rings is 3. The van der Waals surface area contributed by atoms with Crippen molar-refractivity contribution < 1.29 is 23.5 Å². The average molecular weight is 493 g/mol. The summed E-state index contributed by atoms with van der Waals surface area (Å²) in [6.45, 7) is 0.693. The van der Waals surface area contributed by atoms with Crippen molar-refractivity contribution in [3.8, 4) is 11.5 Å². The summed E-state index contributed by atoms with van der Waals surface area (Å²) in [7, 11) is 0. The zero-order valence-electron chi connectivity index (χ0n) is 18.2. The van der Waals surface area contributed by atoms with Crippen LogP contribution in [0.5, 0.6) is 11.5 Å². The summed E-state index contributed by atoms with van der Waals surface area (Å²) >= 11 is 6.10. The van der Waals surface area contributed by atoms with Crippen molar-refractivity contribution in [3.63, 3.8) is 0 Å². The summed E-state index contributed by atoms with van der Waals surface area (Å²) in [5, 5.41) is 3.30. The second kappa shape index (κ2) is 9.23. The fourth-order valence-corrected chi connectivity index (χ4v) is 4.07. The highest BCUT2D eigenvalue weighted by Gasteiger charge is 2.19. The van der Waals surface area contributed by atoms with Gasteiger partial charge in [-0.1, -0.05) is 11.6 Å². The molecule has 176 valence electrons. The lowest BCUT2D eigenvalue weighted by Gasteiger charge is -2.19. The first-order valence-corrected chi connectivity index (χ1v) is 11.1. The maximum absolute atomic E-state index is 13.3. The van der Waals surface area contributed by atoms with E-state index in [2.05, 4.69) is 5.32 Å². The number of carbonyl (C=O) groups excluding carboxylic acids is 2. The van der Waals surface area contributed by atoms with E-state index >= 15 is 0 Å². The Bertz CT molecular complexity index is 1530. The van der Waals surface area contributed by atoms with E-state index in [1.165, 1.54) is 29.0 Å². The first-order valence-electron chi connectivity index (χ1n) is 10.7. The van der Waals surface area contributed by atoms with Crippen LogP contribution in [-0.4, -0.2) is 29.5 Å². The molecule has 0 fully saturated rings. The monoisotopic (exact) mass is 492 g/mol. The zero-order chi connectivity index (χ0) is 24.5. The summed E-state index contributed by atoms with van der Waals surface area (Å²) in [5.74, 6) is -0.342. The van der Waals surface area contributed by atoms with E-state index in [1.54, 1.807) is 30.3 Å². The molecule has 0 bridgehead atoms. The molecule has 1 N–H and O–H groups in total. The van der Waals surface area contributed by atoms with Gasteiger partial charge in [-0.25, -0.2) is 4.39 Å². The summed E-state index contributed by atoms with van der Waals surface area (Å²) in [6, 6.07) is 14.6. The van der Waals surface area contributed by atoms with Gasteiger partial charge in [-0.05, 0) is 54.6 Å². The second-order valence-corrected chi connectivity index (χ2v) is 8.34. The van der Waals surface area contributed by atoms with Gasteiger partial charge in [0, 0.05) is 33.9 Å². The first kappa shape index (κ1) is 22.6. The van der Waals surface area contributed by atoms with Gasteiger partial charge in [0.05, 0.1) is 11.1 Å². The number of rotatable bonds is 5. The molecule has 5 rings (SSSR count). The standard InChI is InChI=1S/C26H18ClFN2O5/c27-16-3-7-21-19(11-16)26(33)20(25(32)15-1-4-17(28)5-2-15)13-30(21)14-24(31)29-18-6-8-22-23(12-18)35-10-9-34-22/h1-8,11-13H,9-10,14H2,(H,29,31). The molecule has 0 atom stereocenters. The van der Waals surface area contributed by atoms with Crippen LogP contribution >= 0.6 is 11.6 Å². The van der Waals surface area contributed by atoms with E-state index in [4.69, 9.17) is 21.1 Å². The van der Waals surface area contributed by atoms with Gasteiger partial charge in [-0.2, -0.15) is 0 Å². The average Bonchev–Trinajstić information content (AvgIpc) is 2.85. The highest BCUT2D eigenvalue weighted by molar-refractivity contribution is 6.31. The van der Waals surface area contributed by atoms with Crippen molar-refractivity contribution in [1.29, 1.82) is 0 Å². The van der Waals surface area contributed by atoms with Gasteiger partial charge >= 0.3 is 0 Å². The number of ketones is 1. The number of nitrogens with one attached hydrogen (secondary N) is 1. The largest absolute Gasteiger partial charge is 0.486 e. The topological polar surface area (TPSA) is 86.6 Å². The minimum Gasteiger partial charge on any atom is -0.486 e. The predicted octanol–water partition coefficient (Wildman–Crippen LogP) is 4.43. The molecule has 1 aromatic heterocycles. The van der Waals surface area contributed by atoms with E-state index in [-0.39, 0.29) is 29.0 Å². The smallest absolute Gasteiger partial charge is 0.244 e. The number of hydrogen-bond donors (Lipinski definition) is 1. The van der Waals surface area contributed by atoms with Gasteiger partial charge < -0.3 is 19.4 Å². The van der Waals surface area contributed by atoms with Crippen LogP contribution < -0.4 is 20.2 Å². The molecule has 0 unspecified atom stereocenters. The molecule has 0 saturated carbocycles. The molecule has 9 heteroatoms. The van der Waals surface area contributed by atoms with Gasteiger partial charge in [-0.15, -0.1) is 0 Å². The highest BCUT2D eigenvalue weighted by atomic mass is 35.5. The quantitative estimate of drug-likeness (QED) is 0.416. The number of halogens is 2. The number of pyridine rings is 1. The normalized spacial score (nSPS) is 12.4. The molecule has 1 amide bonds. The predicted molar refractivity (Wildman–Crippen MR) is 129 cm³/mol. The third-order valence-electron chi connectivity index (χ3n) is 5.53. The number of hydrogen-bond acceptors (Lipinski definition) is 5. The third-order valence-corrected chi connectivity index (χ3v) is 5.77. The molecule has 0 radical (unpaired) electrons. The summed E-state index contributed by atoms with van der Waals surface area (Å²) in [6.07, 6.45) is 1.34. The van der Waals surface area contributed by atoms with E-state index in [9.17, 15) is 18.8 Å². The molecule has 7 nitrogen and oxygen atoms in total. The second-order valence-electron chi connectivity index (χ2n) is 7.90. The first-order chi connectivity index (χ1) is 16.9. The van der Waals surface area contributed by atoms with Crippen LogP contribution in [0.3, 0.4) is 0 Å². The number of nitrogens with zero attached hydrogens (tertiary/aromatic N) is 1. The summed E-state index contributed by atoms with van der Waals surface area (Å²) in [4.78, 5) is 39.1. The third kappa shape index (κ3) is 4.61. The van der Waals surface area contributed by atoms with E-state index in [0.29, 0.717) is 40.9 Å². The van der Waals surface area contributed by atoms with Gasteiger partial charge in [0.15, 0.2) is 17.3 Å². The van der Waals surface area contributed by atoms with E-state index in [0.717, 1.165) is 12.1 Å². The van der Waals surface area contributed by atoms with Crippen LogP contribution in [0, 0.1) is 5.82 Å². The maximum Gasteiger partial charge on any atom is 0.244 e. The Kier molecular flexibility index (Phi) is 5.96. The van der Waals surface area contributed by atoms with Crippen LogP contribution in [-0.2, 0) is 11.3 Å². The fraction of sp³-hybridized carbons (Fsp3) is 0.115. The molecule has 4 aromatic rings. The zero-order valence-corrected chi connectivity index (χ0v) is 19.0. The van der Waals surface area contributed by atoms with Crippen LogP contribution in [0.15, 0.2) is 71.7 Å². The number of ether oxygens (including phenoxy) is 2. The summed E-state index contributed by atoms with van der Waals surface area (Å²) < 4.78 is 25.9. The molecule has 0 spiro atoms. The SMILES string of the molecule is O=C(Cn1cc(C(=O)c2ccc(F)cc2)c(=O)c2cc(Cl)ccc21)Nc1ccc2c(c1)OCCO2. The number of carbonyl (C=O) groups is 2. The maximum atomic E-state index is 13.3. The van der Waals surface area contributed by atoms with Crippen molar-refractivity contribution in [1.82, 2.24) is 4.57 Å². The lowest BCUT2D eigenvalue weighted by molar-refractivity contribution is -0.116. The van der Waals surface area contributed by atoms with Gasteiger partial charge in [-0.3, -0.25) is 14.4 Å². The van der Waals surface area contributed by atoms with Crippen LogP contribution in [0.1, 0.15) is 15.9 Å². The number of amides is 1. The van der Waals surface area contributed by atoms with Crippen LogP contribution in [0.2, 0.25) is 5.02 Å².